The lowest BCUT2D eigenvalue weighted by molar-refractivity contribution is -0.143. The van der Waals surface area contributed by atoms with Gasteiger partial charge in [-0.1, -0.05) is 26.0 Å². The number of rotatable bonds is 4. The first-order valence-corrected chi connectivity index (χ1v) is 7.76. The Morgan fingerprint density at radius 1 is 1.00 bits per heavy atom. The van der Waals surface area contributed by atoms with Crippen LogP contribution in [0.3, 0.4) is 0 Å². The molecule has 120 valence electrons. The van der Waals surface area contributed by atoms with Crippen molar-refractivity contribution in [3.05, 3.63) is 35.4 Å². The van der Waals surface area contributed by atoms with Crippen LogP contribution in [0.2, 0.25) is 0 Å². The fraction of sp³-hybridized carbons (Fsp3) is 0.529. The van der Waals surface area contributed by atoms with E-state index in [1.807, 2.05) is 29.2 Å². The van der Waals surface area contributed by atoms with E-state index >= 15 is 0 Å². The second-order valence-electron chi connectivity index (χ2n) is 6.12. The minimum absolute atomic E-state index is 0.0259. The second kappa shape index (κ2) is 6.92. The summed E-state index contributed by atoms with van der Waals surface area (Å²) >= 11 is 0. The molecule has 2 rings (SSSR count). The van der Waals surface area contributed by atoms with E-state index in [0.717, 1.165) is 0 Å². The number of hydrogen-bond acceptors (Lipinski definition) is 3. The molecule has 0 bridgehead atoms. The average molecular weight is 304 g/mol. The van der Waals surface area contributed by atoms with Crippen LogP contribution < -0.4 is 0 Å². The van der Waals surface area contributed by atoms with E-state index in [1.54, 1.807) is 11.8 Å². The highest BCUT2D eigenvalue weighted by Crippen LogP contribution is 2.16. The molecule has 1 aliphatic heterocycles. The number of hydrogen-bond donors (Lipinski definition) is 1. The molecule has 1 saturated heterocycles. The SMILES string of the molecule is CC(C)c1ccc(C(=O)N2CCN(C(C)C(=O)O)CC2)cc1. The highest BCUT2D eigenvalue weighted by molar-refractivity contribution is 5.94. The molecule has 1 unspecified atom stereocenters. The second-order valence-corrected chi connectivity index (χ2v) is 6.12. The maximum atomic E-state index is 12.5. The summed E-state index contributed by atoms with van der Waals surface area (Å²) in [6, 6.07) is 7.26. The summed E-state index contributed by atoms with van der Waals surface area (Å²) in [5, 5.41) is 9.04. The summed E-state index contributed by atoms with van der Waals surface area (Å²) in [4.78, 5) is 27.2. The molecule has 0 aromatic heterocycles. The van der Waals surface area contributed by atoms with Crippen LogP contribution in [0.25, 0.3) is 0 Å². The van der Waals surface area contributed by atoms with E-state index in [-0.39, 0.29) is 5.91 Å². The molecule has 0 saturated carbocycles. The van der Waals surface area contributed by atoms with Crippen molar-refractivity contribution in [3.8, 4) is 0 Å². The first kappa shape index (κ1) is 16.5. The van der Waals surface area contributed by atoms with Crippen molar-refractivity contribution >= 4 is 11.9 Å². The van der Waals surface area contributed by atoms with Crippen molar-refractivity contribution in [2.75, 3.05) is 26.2 Å². The minimum Gasteiger partial charge on any atom is -0.480 e. The topological polar surface area (TPSA) is 60.9 Å². The molecule has 5 heteroatoms. The van der Waals surface area contributed by atoms with Gasteiger partial charge in [0.2, 0.25) is 0 Å². The lowest BCUT2D eigenvalue weighted by Gasteiger charge is -2.36. The van der Waals surface area contributed by atoms with Crippen LogP contribution in [0.15, 0.2) is 24.3 Å². The first-order valence-electron chi connectivity index (χ1n) is 7.76. The molecule has 0 spiro atoms. The Labute approximate surface area is 131 Å². The van der Waals surface area contributed by atoms with Crippen LogP contribution in [0.1, 0.15) is 42.6 Å². The molecule has 0 radical (unpaired) electrons. The van der Waals surface area contributed by atoms with E-state index in [4.69, 9.17) is 5.11 Å². The third-order valence-electron chi connectivity index (χ3n) is 4.33. The van der Waals surface area contributed by atoms with Crippen LogP contribution in [0, 0.1) is 0 Å². The number of carboxylic acids is 1. The number of nitrogens with zero attached hydrogens (tertiary/aromatic N) is 2. The third kappa shape index (κ3) is 3.65. The summed E-state index contributed by atoms with van der Waals surface area (Å²) in [5.74, 6) is -0.341. The van der Waals surface area contributed by atoms with Gasteiger partial charge in [-0.05, 0) is 30.5 Å². The predicted molar refractivity (Wildman–Crippen MR) is 85.1 cm³/mol. The lowest BCUT2D eigenvalue weighted by atomic mass is 10.0. The van der Waals surface area contributed by atoms with Crippen molar-refractivity contribution in [3.63, 3.8) is 0 Å². The molecule has 1 heterocycles. The van der Waals surface area contributed by atoms with Gasteiger partial charge in [0, 0.05) is 31.7 Å². The molecule has 1 N–H and O–H groups in total. The van der Waals surface area contributed by atoms with Gasteiger partial charge >= 0.3 is 5.97 Å². The van der Waals surface area contributed by atoms with Gasteiger partial charge in [0.25, 0.3) is 5.91 Å². The van der Waals surface area contributed by atoms with Crippen molar-refractivity contribution in [2.24, 2.45) is 0 Å². The van der Waals surface area contributed by atoms with Gasteiger partial charge in [-0.3, -0.25) is 14.5 Å². The summed E-state index contributed by atoms with van der Waals surface area (Å²) in [7, 11) is 0. The Morgan fingerprint density at radius 3 is 2.00 bits per heavy atom. The van der Waals surface area contributed by atoms with Gasteiger partial charge in [-0.2, -0.15) is 0 Å². The number of piperazine rings is 1. The Balaban J connectivity index is 1.96. The van der Waals surface area contributed by atoms with Crippen LogP contribution >= 0.6 is 0 Å². The summed E-state index contributed by atoms with van der Waals surface area (Å²) in [5.41, 5.74) is 1.92. The minimum atomic E-state index is -0.816. The first-order chi connectivity index (χ1) is 10.4. The van der Waals surface area contributed by atoms with Crippen LogP contribution in [-0.2, 0) is 4.79 Å². The van der Waals surface area contributed by atoms with Crippen molar-refractivity contribution in [1.82, 2.24) is 9.80 Å². The number of benzene rings is 1. The Morgan fingerprint density at radius 2 is 1.55 bits per heavy atom. The standard InChI is InChI=1S/C17H24N2O3/c1-12(2)14-4-6-15(7-5-14)16(20)19-10-8-18(9-11-19)13(3)17(21)22/h4-7,12-13H,8-11H2,1-3H3,(H,21,22). The van der Waals surface area contributed by atoms with Gasteiger partial charge in [0.15, 0.2) is 0 Å². The van der Waals surface area contributed by atoms with E-state index in [1.165, 1.54) is 5.56 Å². The lowest BCUT2D eigenvalue weighted by Crippen LogP contribution is -2.53. The van der Waals surface area contributed by atoms with E-state index in [0.29, 0.717) is 37.7 Å². The maximum Gasteiger partial charge on any atom is 0.320 e. The number of carbonyl (C=O) groups is 2. The molecule has 1 amide bonds. The third-order valence-corrected chi connectivity index (χ3v) is 4.33. The number of amides is 1. The molecule has 1 aliphatic rings. The number of aliphatic carboxylic acids is 1. The van der Waals surface area contributed by atoms with Gasteiger partial charge in [-0.15, -0.1) is 0 Å². The number of carboxylic acid groups (broad SMARTS) is 1. The molecular weight excluding hydrogens is 280 g/mol. The Kier molecular flexibility index (Phi) is 5.19. The number of carbonyl (C=O) groups excluding carboxylic acids is 1. The zero-order valence-corrected chi connectivity index (χ0v) is 13.5. The molecule has 0 aliphatic carbocycles. The summed E-state index contributed by atoms with van der Waals surface area (Å²) in [6.07, 6.45) is 0. The fourth-order valence-corrected chi connectivity index (χ4v) is 2.66. The summed E-state index contributed by atoms with van der Waals surface area (Å²) in [6.45, 7) is 8.28. The van der Waals surface area contributed by atoms with Crippen LogP contribution in [-0.4, -0.2) is 59.0 Å². The average Bonchev–Trinajstić information content (AvgIpc) is 2.53. The zero-order valence-electron chi connectivity index (χ0n) is 13.5. The van der Waals surface area contributed by atoms with Gasteiger partial charge < -0.3 is 10.0 Å². The molecular formula is C17H24N2O3. The largest absolute Gasteiger partial charge is 0.480 e. The van der Waals surface area contributed by atoms with E-state index in [2.05, 4.69) is 13.8 Å². The zero-order chi connectivity index (χ0) is 16.3. The Bertz CT molecular complexity index is 531. The van der Waals surface area contributed by atoms with Crippen molar-refractivity contribution in [1.29, 1.82) is 0 Å². The highest BCUT2D eigenvalue weighted by Gasteiger charge is 2.27. The van der Waals surface area contributed by atoms with Gasteiger partial charge in [0.1, 0.15) is 6.04 Å². The highest BCUT2D eigenvalue weighted by atomic mass is 16.4. The fourth-order valence-electron chi connectivity index (χ4n) is 2.66. The summed E-state index contributed by atoms with van der Waals surface area (Å²) < 4.78 is 0. The van der Waals surface area contributed by atoms with Crippen LogP contribution in [0.4, 0.5) is 0 Å². The smallest absolute Gasteiger partial charge is 0.320 e. The van der Waals surface area contributed by atoms with Crippen molar-refractivity contribution in [2.45, 2.75) is 32.7 Å². The molecule has 1 aromatic carbocycles. The van der Waals surface area contributed by atoms with Crippen LogP contribution in [0.5, 0.6) is 0 Å². The maximum absolute atomic E-state index is 12.5. The van der Waals surface area contributed by atoms with E-state index in [9.17, 15) is 9.59 Å². The molecule has 1 atom stereocenters. The normalized spacial score (nSPS) is 17.5. The predicted octanol–water partition coefficient (Wildman–Crippen LogP) is 2.04. The van der Waals surface area contributed by atoms with Crippen molar-refractivity contribution < 1.29 is 14.7 Å². The molecule has 1 aromatic rings. The Hall–Kier alpha value is -1.88. The quantitative estimate of drug-likeness (QED) is 0.925. The monoisotopic (exact) mass is 304 g/mol. The molecule has 22 heavy (non-hydrogen) atoms. The molecule has 5 nitrogen and oxygen atoms in total. The molecule has 1 fully saturated rings. The van der Waals surface area contributed by atoms with Gasteiger partial charge in [-0.25, -0.2) is 0 Å². The van der Waals surface area contributed by atoms with E-state index < -0.39 is 12.0 Å². The van der Waals surface area contributed by atoms with Gasteiger partial charge in [0.05, 0.1) is 0 Å².